The lowest BCUT2D eigenvalue weighted by Crippen LogP contribution is -2.30. The number of aromatic nitrogens is 3. The van der Waals surface area contributed by atoms with Gasteiger partial charge in [-0.05, 0) is 39.2 Å². The van der Waals surface area contributed by atoms with E-state index >= 15 is 0 Å². The van der Waals surface area contributed by atoms with Crippen LogP contribution in [-0.4, -0.2) is 40.9 Å². The molecule has 0 unspecified atom stereocenters. The van der Waals surface area contributed by atoms with E-state index in [2.05, 4.69) is 25.8 Å². The minimum atomic E-state index is 0.328. The number of hydrogen-bond donors (Lipinski definition) is 2. The van der Waals surface area contributed by atoms with Crippen molar-refractivity contribution in [3.05, 3.63) is 29.3 Å². The summed E-state index contributed by atoms with van der Waals surface area (Å²) in [5.74, 6) is 2.33. The van der Waals surface area contributed by atoms with Crippen molar-refractivity contribution in [3.63, 3.8) is 0 Å². The third-order valence-corrected chi connectivity index (χ3v) is 4.01. The van der Waals surface area contributed by atoms with Crippen LogP contribution in [0.4, 0.5) is 11.8 Å². The fourth-order valence-corrected chi connectivity index (χ4v) is 2.75. The first kappa shape index (κ1) is 15.7. The maximum atomic E-state index is 5.48. The smallest absolute Gasteiger partial charge is 0.224 e. The predicted octanol–water partition coefficient (Wildman–Crippen LogP) is 2.33. The molecular formula is C16H23N5O2. The van der Waals surface area contributed by atoms with Crippen LogP contribution in [0.2, 0.25) is 0 Å². The number of aryl methyl sites for hydroxylation is 2. The largest absolute Gasteiger partial charge is 0.379 e. The van der Waals surface area contributed by atoms with Gasteiger partial charge in [-0.15, -0.1) is 0 Å². The first-order valence-corrected chi connectivity index (χ1v) is 8.05. The van der Waals surface area contributed by atoms with Gasteiger partial charge in [0, 0.05) is 24.9 Å². The van der Waals surface area contributed by atoms with Gasteiger partial charge in [0.1, 0.15) is 11.6 Å². The molecule has 2 aromatic heterocycles. The van der Waals surface area contributed by atoms with Crippen molar-refractivity contribution in [2.45, 2.75) is 39.2 Å². The maximum absolute atomic E-state index is 5.48. The third-order valence-electron chi connectivity index (χ3n) is 4.01. The quantitative estimate of drug-likeness (QED) is 0.845. The van der Waals surface area contributed by atoms with Crippen molar-refractivity contribution in [3.8, 4) is 0 Å². The number of nitrogens with zero attached hydrogens (tertiary/aromatic N) is 3. The summed E-state index contributed by atoms with van der Waals surface area (Å²) in [6.07, 6.45) is 4.79. The van der Waals surface area contributed by atoms with E-state index in [9.17, 15) is 0 Å². The zero-order valence-corrected chi connectivity index (χ0v) is 13.6. The zero-order chi connectivity index (χ0) is 16.1. The average Bonchev–Trinajstić information content (AvgIpc) is 2.88. The predicted molar refractivity (Wildman–Crippen MR) is 87.7 cm³/mol. The molecule has 124 valence electrons. The molecule has 3 heterocycles. The highest BCUT2D eigenvalue weighted by Crippen LogP contribution is 2.15. The Morgan fingerprint density at radius 3 is 3.00 bits per heavy atom. The Hall–Kier alpha value is -2.15. The number of hydrogen-bond acceptors (Lipinski definition) is 7. The molecule has 0 spiro atoms. The molecule has 0 aromatic carbocycles. The number of nitrogens with one attached hydrogen (secondary N) is 2. The van der Waals surface area contributed by atoms with Crippen molar-refractivity contribution in [2.24, 2.45) is 0 Å². The minimum Gasteiger partial charge on any atom is -0.379 e. The van der Waals surface area contributed by atoms with Crippen LogP contribution in [0, 0.1) is 13.8 Å². The summed E-state index contributed by atoms with van der Waals surface area (Å²) in [6.45, 7) is 6.22. The molecule has 0 radical (unpaired) electrons. The van der Waals surface area contributed by atoms with Gasteiger partial charge in [0.25, 0.3) is 0 Å². The number of anilines is 2. The van der Waals surface area contributed by atoms with Gasteiger partial charge in [-0.2, -0.15) is 4.98 Å². The molecule has 3 rings (SSSR count). The fraction of sp³-hybridized carbons (Fsp3) is 0.562. The Balaban J connectivity index is 1.53. The fourth-order valence-electron chi connectivity index (χ4n) is 2.75. The van der Waals surface area contributed by atoms with Crippen molar-refractivity contribution in [1.29, 1.82) is 0 Å². The van der Waals surface area contributed by atoms with Crippen LogP contribution in [0.15, 0.2) is 16.8 Å². The number of rotatable bonds is 6. The summed E-state index contributed by atoms with van der Waals surface area (Å²) < 4.78 is 10.6. The summed E-state index contributed by atoms with van der Waals surface area (Å²) in [5, 5.41) is 10.6. The topological polar surface area (TPSA) is 85.1 Å². The highest BCUT2D eigenvalue weighted by Gasteiger charge is 2.14. The Kier molecular flexibility index (Phi) is 5.07. The van der Waals surface area contributed by atoms with Gasteiger partial charge in [0.15, 0.2) is 0 Å². The first-order valence-electron chi connectivity index (χ1n) is 8.05. The molecule has 1 aliphatic heterocycles. The van der Waals surface area contributed by atoms with E-state index in [4.69, 9.17) is 9.26 Å². The maximum Gasteiger partial charge on any atom is 0.224 e. The average molecular weight is 317 g/mol. The molecule has 2 N–H and O–H groups in total. The zero-order valence-electron chi connectivity index (χ0n) is 13.6. The summed E-state index contributed by atoms with van der Waals surface area (Å²) in [7, 11) is 0. The molecule has 2 aromatic rings. The molecule has 1 aliphatic rings. The van der Waals surface area contributed by atoms with Crippen LogP contribution < -0.4 is 10.6 Å². The monoisotopic (exact) mass is 317 g/mol. The van der Waals surface area contributed by atoms with Gasteiger partial charge in [0.2, 0.25) is 5.95 Å². The van der Waals surface area contributed by atoms with Crippen molar-refractivity contribution < 1.29 is 9.26 Å². The van der Waals surface area contributed by atoms with E-state index in [1.54, 1.807) is 6.20 Å². The molecule has 1 fully saturated rings. The van der Waals surface area contributed by atoms with Gasteiger partial charge in [0.05, 0.1) is 18.3 Å². The van der Waals surface area contributed by atoms with Crippen LogP contribution in [0.5, 0.6) is 0 Å². The number of ether oxygens (including phenoxy) is 1. The standard InChI is InChI=1S/C16H23N5O2/c1-11-14(12(2)23-21-11)5-7-17-16-18-8-6-15(20-16)19-13-4-3-9-22-10-13/h6,8,13H,3-5,7,9-10H2,1-2H3,(H2,17,18,19,20)/t13-/m1/s1. The van der Waals surface area contributed by atoms with Gasteiger partial charge in [-0.3, -0.25) is 0 Å². The molecule has 1 atom stereocenters. The van der Waals surface area contributed by atoms with E-state index in [0.717, 1.165) is 61.9 Å². The second-order valence-corrected chi connectivity index (χ2v) is 5.80. The molecule has 0 aliphatic carbocycles. The van der Waals surface area contributed by atoms with E-state index in [1.807, 2.05) is 19.9 Å². The van der Waals surface area contributed by atoms with E-state index < -0.39 is 0 Å². The van der Waals surface area contributed by atoms with Gasteiger partial charge in [-0.1, -0.05) is 5.16 Å². The molecule has 1 saturated heterocycles. The highest BCUT2D eigenvalue weighted by atomic mass is 16.5. The van der Waals surface area contributed by atoms with Crippen molar-refractivity contribution in [2.75, 3.05) is 30.4 Å². The molecule has 7 heteroatoms. The van der Waals surface area contributed by atoms with Crippen molar-refractivity contribution >= 4 is 11.8 Å². The van der Waals surface area contributed by atoms with Crippen LogP contribution in [0.25, 0.3) is 0 Å². The van der Waals surface area contributed by atoms with Gasteiger partial charge >= 0.3 is 0 Å². The van der Waals surface area contributed by atoms with E-state index in [0.29, 0.717) is 12.0 Å². The summed E-state index contributed by atoms with van der Waals surface area (Å²) in [5.41, 5.74) is 2.09. The Bertz CT molecular complexity index is 618. The second-order valence-electron chi connectivity index (χ2n) is 5.80. The lowest BCUT2D eigenvalue weighted by Gasteiger charge is -2.23. The normalized spacial score (nSPS) is 17.9. The van der Waals surface area contributed by atoms with Gasteiger partial charge < -0.3 is 19.9 Å². The molecular weight excluding hydrogens is 294 g/mol. The minimum absolute atomic E-state index is 0.328. The van der Waals surface area contributed by atoms with Crippen LogP contribution in [0.3, 0.4) is 0 Å². The highest BCUT2D eigenvalue weighted by molar-refractivity contribution is 5.40. The molecule has 0 bridgehead atoms. The lowest BCUT2D eigenvalue weighted by molar-refractivity contribution is 0.0875. The third kappa shape index (κ3) is 4.19. The van der Waals surface area contributed by atoms with Crippen LogP contribution >= 0.6 is 0 Å². The second kappa shape index (κ2) is 7.41. The molecule has 0 saturated carbocycles. The Labute approximate surface area is 135 Å². The van der Waals surface area contributed by atoms with E-state index in [-0.39, 0.29) is 0 Å². The summed E-state index contributed by atoms with van der Waals surface area (Å²) in [6, 6.07) is 2.21. The molecule has 7 nitrogen and oxygen atoms in total. The Morgan fingerprint density at radius 1 is 1.35 bits per heavy atom. The Morgan fingerprint density at radius 2 is 2.26 bits per heavy atom. The first-order chi connectivity index (χ1) is 11.2. The van der Waals surface area contributed by atoms with Crippen LogP contribution in [-0.2, 0) is 11.2 Å². The molecule has 23 heavy (non-hydrogen) atoms. The summed E-state index contributed by atoms with van der Waals surface area (Å²) in [4.78, 5) is 8.77. The van der Waals surface area contributed by atoms with Crippen LogP contribution in [0.1, 0.15) is 29.9 Å². The lowest BCUT2D eigenvalue weighted by atomic mass is 10.1. The van der Waals surface area contributed by atoms with E-state index in [1.165, 1.54) is 0 Å². The SMILES string of the molecule is Cc1noc(C)c1CCNc1nccc(N[C@@H]2CCCOC2)n1. The van der Waals surface area contributed by atoms with Gasteiger partial charge in [-0.25, -0.2) is 4.98 Å². The summed E-state index contributed by atoms with van der Waals surface area (Å²) >= 11 is 0. The van der Waals surface area contributed by atoms with Crippen molar-refractivity contribution in [1.82, 2.24) is 15.1 Å². The molecule has 0 amide bonds.